The molecular weight excluding hydrogens is 588 g/mol. The number of benzene rings is 2. The van der Waals surface area contributed by atoms with Crippen LogP contribution in [0.1, 0.15) is 63.9 Å². The fraction of sp³-hybridized carbons (Fsp3) is 0.290. The van der Waals surface area contributed by atoms with E-state index in [1.165, 1.54) is 18.3 Å². The number of rotatable bonds is 8. The average Bonchev–Trinajstić information content (AvgIpc) is 3.12. The van der Waals surface area contributed by atoms with Crippen LogP contribution < -0.4 is 11.1 Å². The van der Waals surface area contributed by atoms with Crippen LogP contribution >= 0.6 is 0 Å². The zero-order valence-corrected chi connectivity index (χ0v) is 23.2. The van der Waals surface area contributed by atoms with Crippen molar-refractivity contribution in [2.75, 3.05) is 0 Å². The first-order valence-corrected chi connectivity index (χ1v) is 13.9. The number of pyridine rings is 1. The maximum atomic E-state index is 14.2. The van der Waals surface area contributed by atoms with Crippen LogP contribution in [0.2, 0.25) is 0 Å². The molecule has 2 amide bonds. The molecule has 4 aromatic rings. The number of hydrogen-bond donors (Lipinski definition) is 2. The van der Waals surface area contributed by atoms with E-state index in [1.54, 1.807) is 12.1 Å². The largest absolute Gasteiger partial charge is 0.435 e. The summed E-state index contributed by atoms with van der Waals surface area (Å²) in [5.41, 5.74) is 5.38. The molecule has 1 atom stereocenters. The van der Waals surface area contributed by atoms with Crippen molar-refractivity contribution >= 4 is 11.8 Å². The molecule has 2 heterocycles. The lowest BCUT2D eigenvalue weighted by atomic mass is 9.94. The van der Waals surface area contributed by atoms with Gasteiger partial charge in [0.25, 0.3) is 5.91 Å². The molecular formula is C31H27F6N5O2. The molecule has 3 N–H and O–H groups in total. The molecule has 0 saturated heterocycles. The lowest BCUT2D eigenvalue weighted by molar-refractivity contribution is -0.142. The number of aromatic nitrogens is 3. The molecule has 0 bridgehead atoms. The molecule has 0 fully saturated rings. The zero-order valence-electron chi connectivity index (χ0n) is 23.2. The standard InChI is InChI=1S/C31H27F6N5O2/c32-19-11-17(12-20(33)15-19)13-25(28-21(6-4-10-39-28)18-8-9-24(34)23(14-18)30(38)44)40-27(43)16-42-26-7-3-1-2-5-22(26)29(41-42)31(35,36)37/h4,6,8-12,14-15,25H,1-3,5,7,13,16H2,(H2,38,44)(H,40,43). The number of carbonyl (C=O) groups is 2. The van der Waals surface area contributed by atoms with Gasteiger partial charge >= 0.3 is 6.18 Å². The minimum atomic E-state index is -4.69. The van der Waals surface area contributed by atoms with E-state index < -0.39 is 53.7 Å². The monoisotopic (exact) mass is 615 g/mol. The van der Waals surface area contributed by atoms with Crippen molar-refractivity contribution in [3.05, 3.63) is 106 Å². The third-order valence-corrected chi connectivity index (χ3v) is 7.48. The van der Waals surface area contributed by atoms with Gasteiger partial charge in [-0.1, -0.05) is 18.6 Å². The lowest BCUT2D eigenvalue weighted by Gasteiger charge is -2.22. The molecule has 1 aliphatic rings. The first-order chi connectivity index (χ1) is 20.9. The van der Waals surface area contributed by atoms with Crippen LogP contribution in [0, 0.1) is 17.5 Å². The molecule has 2 aromatic heterocycles. The van der Waals surface area contributed by atoms with E-state index in [-0.39, 0.29) is 35.2 Å². The van der Waals surface area contributed by atoms with Gasteiger partial charge in [-0.3, -0.25) is 19.3 Å². The van der Waals surface area contributed by atoms with Gasteiger partial charge in [-0.05, 0) is 73.6 Å². The summed E-state index contributed by atoms with van der Waals surface area (Å²) in [5.74, 6) is -4.27. The highest BCUT2D eigenvalue weighted by molar-refractivity contribution is 5.94. The summed E-state index contributed by atoms with van der Waals surface area (Å²) in [5, 5.41) is 6.51. The second kappa shape index (κ2) is 12.5. The van der Waals surface area contributed by atoms with E-state index in [0.717, 1.165) is 29.3 Å². The van der Waals surface area contributed by atoms with Crippen LogP contribution in [0.3, 0.4) is 0 Å². The van der Waals surface area contributed by atoms with Crippen LogP contribution in [0.25, 0.3) is 11.1 Å². The normalized spacial score (nSPS) is 14.0. The molecule has 44 heavy (non-hydrogen) atoms. The van der Waals surface area contributed by atoms with Crippen molar-refractivity contribution in [1.29, 1.82) is 0 Å². The Bertz CT molecular complexity index is 1700. The van der Waals surface area contributed by atoms with E-state index >= 15 is 0 Å². The fourth-order valence-corrected chi connectivity index (χ4v) is 5.58. The summed E-state index contributed by atoms with van der Waals surface area (Å²) in [6.45, 7) is -0.545. The van der Waals surface area contributed by atoms with Crippen LogP contribution in [-0.2, 0) is 36.8 Å². The Kier molecular flexibility index (Phi) is 8.75. The Morgan fingerprint density at radius 1 is 0.977 bits per heavy atom. The molecule has 0 radical (unpaired) electrons. The zero-order chi connectivity index (χ0) is 31.6. The number of hydrogen-bond acceptors (Lipinski definition) is 4. The summed E-state index contributed by atoms with van der Waals surface area (Å²) in [4.78, 5) is 29.6. The van der Waals surface area contributed by atoms with Gasteiger partial charge in [-0.25, -0.2) is 13.2 Å². The van der Waals surface area contributed by atoms with Crippen LogP contribution in [0.15, 0.2) is 54.7 Å². The highest BCUT2D eigenvalue weighted by atomic mass is 19.4. The Morgan fingerprint density at radius 2 is 1.70 bits per heavy atom. The summed E-state index contributed by atoms with van der Waals surface area (Å²) in [6.07, 6.45) is -0.964. The molecule has 0 spiro atoms. The van der Waals surface area contributed by atoms with Crippen molar-refractivity contribution in [3.8, 4) is 11.1 Å². The average molecular weight is 616 g/mol. The van der Waals surface area contributed by atoms with Crippen molar-refractivity contribution < 1.29 is 35.9 Å². The third kappa shape index (κ3) is 6.76. The van der Waals surface area contributed by atoms with E-state index in [1.807, 2.05) is 0 Å². The van der Waals surface area contributed by atoms with Crippen molar-refractivity contribution in [3.63, 3.8) is 0 Å². The minimum Gasteiger partial charge on any atom is -0.366 e. The predicted octanol–water partition coefficient (Wildman–Crippen LogP) is 5.85. The number of carbonyl (C=O) groups excluding carboxylic acids is 2. The molecule has 13 heteroatoms. The Balaban J connectivity index is 1.53. The number of nitrogens with zero attached hydrogens (tertiary/aromatic N) is 3. The summed E-state index contributed by atoms with van der Waals surface area (Å²) in [7, 11) is 0. The van der Waals surface area contributed by atoms with Gasteiger partial charge in [0, 0.05) is 29.1 Å². The number of primary amides is 1. The van der Waals surface area contributed by atoms with E-state index in [0.29, 0.717) is 42.1 Å². The second-order valence-electron chi connectivity index (χ2n) is 10.6. The Hall–Kier alpha value is -4.68. The first kappa shape index (κ1) is 30.8. The maximum Gasteiger partial charge on any atom is 0.435 e. The molecule has 0 aliphatic heterocycles. The smallest absolute Gasteiger partial charge is 0.366 e. The predicted molar refractivity (Wildman–Crippen MR) is 148 cm³/mol. The van der Waals surface area contributed by atoms with E-state index in [9.17, 15) is 35.9 Å². The quantitative estimate of drug-likeness (QED) is 0.192. The van der Waals surface area contributed by atoms with Crippen molar-refractivity contribution in [1.82, 2.24) is 20.1 Å². The van der Waals surface area contributed by atoms with Gasteiger partial charge in [0.15, 0.2) is 5.69 Å². The topological polar surface area (TPSA) is 103 Å². The number of fused-ring (bicyclic) bond motifs is 1. The van der Waals surface area contributed by atoms with Crippen LogP contribution in [0.5, 0.6) is 0 Å². The van der Waals surface area contributed by atoms with Crippen LogP contribution in [0.4, 0.5) is 26.3 Å². The number of alkyl halides is 3. The van der Waals surface area contributed by atoms with E-state index in [4.69, 9.17) is 5.73 Å². The molecule has 1 aliphatic carbocycles. The number of halogens is 6. The number of nitrogens with two attached hydrogens (primary N) is 1. The Labute approximate surface area is 248 Å². The number of nitrogens with one attached hydrogen (secondary N) is 1. The molecule has 5 rings (SSSR count). The van der Waals surface area contributed by atoms with Gasteiger partial charge in [0.1, 0.15) is 24.0 Å². The minimum absolute atomic E-state index is 0.0863. The summed E-state index contributed by atoms with van der Waals surface area (Å²) >= 11 is 0. The third-order valence-electron chi connectivity index (χ3n) is 7.48. The van der Waals surface area contributed by atoms with Crippen LogP contribution in [-0.4, -0.2) is 26.6 Å². The Morgan fingerprint density at radius 3 is 2.41 bits per heavy atom. The molecule has 2 aromatic carbocycles. The highest BCUT2D eigenvalue weighted by Gasteiger charge is 2.39. The van der Waals surface area contributed by atoms with Gasteiger partial charge < -0.3 is 11.1 Å². The summed E-state index contributed by atoms with van der Waals surface area (Å²) in [6, 6.07) is 8.58. The van der Waals surface area contributed by atoms with Gasteiger partial charge in [0.05, 0.1) is 17.3 Å². The van der Waals surface area contributed by atoms with Gasteiger partial charge in [-0.15, -0.1) is 0 Å². The SMILES string of the molecule is NC(=O)c1cc(-c2cccnc2C(Cc2cc(F)cc(F)c2)NC(=O)Cn2nc(C(F)(F)F)c3c2CCCCC3)ccc1F. The molecule has 1 unspecified atom stereocenters. The molecule has 7 nitrogen and oxygen atoms in total. The van der Waals surface area contributed by atoms with Crippen molar-refractivity contribution in [2.24, 2.45) is 5.73 Å². The first-order valence-electron chi connectivity index (χ1n) is 13.9. The number of amides is 2. The molecule has 0 saturated carbocycles. The second-order valence-corrected chi connectivity index (χ2v) is 10.6. The van der Waals surface area contributed by atoms with Crippen molar-refractivity contribution in [2.45, 2.75) is 57.3 Å². The fourth-order valence-electron chi connectivity index (χ4n) is 5.58. The summed E-state index contributed by atoms with van der Waals surface area (Å²) < 4.78 is 84.9. The highest BCUT2D eigenvalue weighted by Crippen LogP contribution is 2.36. The maximum absolute atomic E-state index is 14.2. The lowest BCUT2D eigenvalue weighted by Crippen LogP contribution is -2.34. The van der Waals surface area contributed by atoms with Gasteiger partial charge in [-0.2, -0.15) is 18.3 Å². The van der Waals surface area contributed by atoms with E-state index in [2.05, 4.69) is 15.4 Å². The molecule has 230 valence electrons. The van der Waals surface area contributed by atoms with Gasteiger partial charge in [0.2, 0.25) is 5.91 Å².